The number of thiophene rings is 1. The number of rotatable bonds is 8. The van der Waals surface area contributed by atoms with E-state index in [1.54, 1.807) is 7.05 Å². The molecule has 3 N–H and O–H groups in total. The van der Waals surface area contributed by atoms with Crippen LogP contribution in [0.15, 0.2) is 17.1 Å². The van der Waals surface area contributed by atoms with Crippen molar-refractivity contribution in [2.45, 2.75) is 58.4 Å². The second kappa shape index (κ2) is 11.1. The molecule has 140 valence electrons. The Balaban J connectivity index is 1.58. The van der Waals surface area contributed by atoms with Gasteiger partial charge in [0.25, 0.3) is 0 Å². The predicted molar refractivity (Wildman–Crippen MR) is 106 cm³/mol. The molecule has 0 saturated heterocycles. The normalized spacial score (nSPS) is 15.8. The Hall–Kier alpha value is -1.56. The lowest BCUT2D eigenvalue weighted by molar-refractivity contribution is -0.122. The van der Waals surface area contributed by atoms with E-state index in [4.69, 9.17) is 0 Å². The molecule has 0 bridgehead atoms. The van der Waals surface area contributed by atoms with Crippen molar-refractivity contribution in [2.24, 2.45) is 10.9 Å². The molecule has 0 spiro atoms. The third-order valence-electron chi connectivity index (χ3n) is 4.66. The van der Waals surface area contributed by atoms with E-state index in [-0.39, 0.29) is 5.91 Å². The fourth-order valence-electron chi connectivity index (χ4n) is 3.21. The number of aliphatic imine (C=N–C) groups is 1. The zero-order chi connectivity index (χ0) is 17.9. The second-order valence-electron chi connectivity index (χ2n) is 6.63. The molecule has 6 heteroatoms. The van der Waals surface area contributed by atoms with Crippen LogP contribution in [0.2, 0.25) is 0 Å². The number of nitrogens with zero attached hydrogens (tertiary/aromatic N) is 1. The molecule has 1 aliphatic rings. The number of carbonyl (C=O) groups is 1. The molecule has 0 radical (unpaired) electrons. The molecule has 1 aliphatic carbocycles. The van der Waals surface area contributed by atoms with Crippen LogP contribution >= 0.6 is 11.3 Å². The molecule has 0 aromatic carbocycles. The summed E-state index contributed by atoms with van der Waals surface area (Å²) < 4.78 is 0. The Morgan fingerprint density at radius 3 is 2.52 bits per heavy atom. The highest BCUT2D eigenvalue weighted by atomic mass is 32.1. The average Bonchev–Trinajstić information content (AvgIpc) is 3.10. The fourth-order valence-corrected chi connectivity index (χ4v) is 4.10. The first-order valence-electron chi connectivity index (χ1n) is 9.50. The lowest BCUT2D eigenvalue weighted by atomic mass is 9.87. The van der Waals surface area contributed by atoms with Gasteiger partial charge in [-0.25, -0.2) is 0 Å². The molecule has 1 aromatic rings. The van der Waals surface area contributed by atoms with Crippen LogP contribution in [0, 0.1) is 5.92 Å². The molecule has 1 saturated carbocycles. The fraction of sp³-hybridized carbons (Fsp3) is 0.684. The summed E-state index contributed by atoms with van der Waals surface area (Å²) in [4.78, 5) is 18.9. The molecule has 1 amide bonds. The van der Waals surface area contributed by atoms with Crippen LogP contribution in [0.25, 0.3) is 0 Å². The van der Waals surface area contributed by atoms with Gasteiger partial charge in [0.1, 0.15) is 0 Å². The van der Waals surface area contributed by atoms with E-state index in [1.807, 2.05) is 11.3 Å². The maximum absolute atomic E-state index is 12.0. The van der Waals surface area contributed by atoms with Crippen LogP contribution in [0.4, 0.5) is 0 Å². The van der Waals surface area contributed by atoms with E-state index in [2.05, 4.69) is 40.0 Å². The van der Waals surface area contributed by atoms with Gasteiger partial charge < -0.3 is 16.0 Å². The number of hydrogen-bond acceptors (Lipinski definition) is 3. The molecule has 0 aliphatic heterocycles. The molecule has 2 rings (SSSR count). The second-order valence-corrected chi connectivity index (χ2v) is 7.89. The van der Waals surface area contributed by atoms with Crippen molar-refractivity contribution in [3.05, 3.63) is 21.9 Å². The van der Waals surface area contributed by atoms with E-state index in [0.717, 1.165) is 18.9 Å². The quantitative estimate of drug-likeness (QED) is 0.377. The summed E-state index contributed by atoms with van der Waals surface area (Å²) in [5.41, 5.74) is 0. The smallest absolute Gasteiger partial charge is 0.220 e. The molecular weight excluding hydrogens is 332 g/mol. The molecule has 5 nitrogen and oxygen atoms in total. The van der Waals surface area contributed by atoms with Gasteiger partial charge in [-0.05, 0) is 37.3 Å². The van der Waals surface area contributed by atoms with E-state index in [9.17, 15) is 4.79 Å². The first-order chi connectivity index (χ1) is 12.2. The minimum absolute atomic E-state index is 0.183. The van der Waals surface area contributed by atoms with Gasteiger partial charge in [-0.1, -0.05) is 26.2 Å². The lowest BCUT2D eigenvalue weighted by Crippen LogP contribution is -2.41. The van der Waals surface area contributed by atoms with Gasteiger partial charge in [0.05, 0.1) is 6.54 Å². The van der Waals surface area contributed by atoms with Crippen molar-refractivity contribution in [1.82, 2.24) is 16.0 Å². The Kier molecular flexibility index (Phi) is 8.80. The number of nitrogens with one attached hydrogen (secondary N) is 3. The van der Waals surface area contributed by atoms with E-state index in [1.165, 1.54) is 41.9 Å². The van der Waals surface area contributed by atoms with Gasteiger partial charge >= 0.3 is 0 Å². The van der Waals surface area contributed by atoms with Gasteiger partial charge in [-0.3, -0.25) is 9.79 Å². The third kappa shape index (κ3) is 7.46. The van der Waals surface area contributed by atoms with Gasteiger partial charge in [0, 0.05) is 36.3 Å². The molecule has 25 heavy (non-hydrogen) atoms. The molecule has 1 heterocycles. The third-order valence-corrected chi connectivity index (χ3v) is 5.89. The molecule has 1 fully saturated rings. The summed E-state index contributed by atoms with van der Waals surface area (Å²) in [5, 5.41) is 9.57. The van der Waals surface area contributed by atoms with Gasteiger partial charge in [-0.15, -0.1) is 11.3 Å². The molecule has 1 aromatic heterocycles. The number of amides is 1. The van der Waals surface area contributed by atoms with E-state index < -0.39 is 0 Å². The summed E-state index contributed by atoms with van der Waals surface area (Å²) in [5.74, 6) is 1.55. The van der Waals surface area contributed by atoms with Crippen LogP contribution in [-0.4, -0.2) is 32.0 Å². The van der Waals surface area contributed by atoms with Crippen LogP contribution in [0.1, 0.15) is 55.2 Å². The largest absolute Gasteiger partial charge is 0.355 e. The Labute approximate surface area is 155 Å². The summed E-state index contributed by atoms with van der Waals surface area (Å²) in [6.45, 7) is 4.26. The maximum atomic E-state index is 12.0. The molecule has 0 atom stereocenters. The van der Waals surface area contributed by atoms with Crippen molar-refractivity contribution in [3.8, 4) is 0 Å². The lowest BCUT2D eigenvalue weighted by Gasteiger charge is -2.20. The van der Waals surface area contributed by atoms with E-state index in [0.29, 0.717) is 25.4 Å². The monoisotopic (exact) mass is 364 g/mol. The SMILES string of the molecule is CCc1ccc(CNC(=NC)NCCNC(=O)CC2CCCCC2)s1. The van der Waals surface area contributed by atoms with Crippen LogP contribution in [-0.2, 0) is 17.8 Å². The van der Waals surface area contributed by atoms with Crippen LogP contribution < -0.4 is 16.0 Å². The highest BCUT2D eigenvalue weighted by molar-refractivity contribution is 7.11. The van der Waals surface area contributed by atoms with Crippen molar-refractivity contribution in [2.75, 3.05) is 20.1 Å². The Bertz CT molecular complexity index is 549. The van der Waals surface area contributed by atoms with Gasteiger partial charge in [-0.2, -0.15) is 0 Å². The van der Waals surface area contributed by atoms with Gasteiger partial charge in [0.15, 0.2) is 5.96 Å². The Morgan fingerprint density at radius 2 is 1.84 bits per heavy atom. The van der Waals surface area contributed by atoms with Crippen molar-refractivity contribution >= 4 is 23.2 Å². The molecule has 0 unspecified atom stereocenters. The number of hydrogen-bond donors (Lipinski definition) is 3. The summed E-state index contributed by atoms with van der Waals surface area (Å²) in [6, 6.07) is 4.34. The summed E-state index contributed by atoms with van der Waals surface area (Å²) >= 11 is 1.83. The zero-order valence-electron chi connectivity index (χ0n) is 15.6. The number of carbonyl (C=O) groups excluding carboxylic acids is 1. The van der Waals surface area contributed by atoms with E-state index >= 15 is 0 Å². The number of guanidine groups is 1. The summed E-state index contributed by atoms with van der Waals surface area (Å²) in [6.07, 6.45) is 8.09. The first kappa shape index (κ1) is 19.8. The molecular formula is C19H32N4OS. The highest BCUT2D eigenvalue weighted by Gasteiger charge is 2.16. The predicted octanol–water partition coefficient (Wildman–Crippen LogP) is 3.06. The van der Waals surface area contributed by atoms with Crippen molar-refractivity contribution in [3.63, 3.8) is 0 Å². The minimum Gasteiger partial charge on any atom is -0.355 e. The van der Waals surface area contributed by atoms with Crippen molar-refractivity contribution < 1.29 is 4.79 Å². The maximum Gasteiger partial charge on any atom is 0.220 e. The van der Waals surface area contributed by atoms with Crippen molar-refractivity contribution in [1.29, 1.82) is 0 Å². The van der Waals surface area contributed by atoms with Crippen LogP contribution in [0.5, 0.6) is 0 Å². The summed E-state index contributed by atoms with van der Waals surface area (Å²) in [7, 11) is 1.77. The Morgan fingerprint density at radius 1 is 1.12 bits per heavy atom. The zero-order valence-corrected chi connectivity index (χ0v) is 16.4. The van der Waals surface area contributed by atoms with Crippen LogP contribution in [0.3, 0.4) is 0 Å². The average molecular weight is 365 g/mol. The minimum atomic E-state index is 0.183. The number of aryl methyl sites for hydroxylation is 1. The van der Waals surface area contributed by atoms with Gasteiger partial charge in [0.2, 0.25) is 5.91 Å². The first-order valence-corrected chi connectivity index (χ1v) is 10.3. The topological polar surface area (TPSA) is 65.5 Å². The highest BCUT2D eigenvalue weighted by Crippen LogP contribution is 2.25. The standard InChI is InChI=1S/C19H32N4OS/c1-3-16-9-10-17(25-16)14-23-19(20-2)22-12-11-21-18(24)13-15-7-5-4-6-8-15/h9-10,15H,3-8,11-14H2,1-2H3,(H,21,24)(H2,20,22,23).